The average molecular weight is 413 g/mol. The molecule has 0 spiro atoms. The van der Waals surface area contributed by atoms with Gasteiger partial charge < -0.3 is 9.88 Å². The van der Waals surface area contributed by atoms with Crippen molar-refractivity contribution in [2.75, 3.05) is 18.0 Å². The number of pyridine rings is 1. The van der Waals surface area contributed by atoms with E-state index in [0.717, 1.165) is 41.7 Å². The highest BCUT2D eigenvalue weighted by atomic mass is 16.1. The lowest BCUT2D eigenvalue weighted by atomic mass is 10.1. The molecule has 0 radical (unpaired) electrons. The van der Waals surface area contributed by atoms with Gasteiger partial charge in [0.15, 0.2) is 11.6 Å². The molecule has 7 nitrogen and oxygen atoms in total. The van der Waals surface area contributed by atoms with Gasteiger partial charge in [-0.1, -0.05) is 30.3 Å². The van der Waals surface area contributed by atoms with Crippen molar-refractivity contribution < 1.29 is 4.79 Å². The number of aromatic amines is 1. The Morgan fingerprint density at radius 2 is 1.94 bits per heavy atom. The van der Waals surface area contributed by atoms with Crippen LogP contribution in [0.15, 0.2) is 65.8 Å². The van der Waals surface area contributed by atoms with Crippen molar-refractivity contribution in [2.24, 2.45) is 0 Å². The van der Waals surface area contributed by atoms with Gasteiger partial charge in [-0.15, -0.1) is 0 Å². The van der Waals surface area contributed by atoms with Crippen LogP contribution in [0.3, 0.4) is 0 Å². The van der Waals surface area contributed by atoms with Crippen LogP contribution < -0.4 is 10.5 Å². The van der Waals surface area contributed by atoms with Crippen LogP contribution in [0.4, 0.5) is 5.82 Å². The summed E-state index contributed by atoms with van der Waals surface area (Å²) < 4.78 is 1.58. The number of anilines is 1. The number of ketones is 1. The van der Waals surface area contributed by atoms with Gasteiger partial charge in [-0.2, -0.15) is 0 Å². The van der Waals surface area contributed by atoms with Crippen molar-refractivity contribution >= 4 is 22.5 Å². The maximum absolute atomic E-state index is 13.2. The van der Waals surface area contributed by atoms with Crippen molar-refractivity contribution in [3.8, 4) is 11.3 Å². The summed E-state index contributed by atoms with van der Waals surface area (Å²) in [6.45, 7) is 1.69. The second-order valence-electron chi connectivity index (χ2n) is 7.86. The minimum atomic E-state index is -0.203. The molecule has 0 saturated carbocycles. The Morgan fingerprint density at radius 3 is 2.68 bits per heavy atom. The summed E-state index contributed by atoms with van der Waals surface area (Å²) in [5.41, 5.74) is 3.33. The molecule has 4 heterocycles. The van der Waals surface area contributed by atoms with E-state index in [1.165, 1.54) is 0 Å². The summed E-state index contributed by atoms with van der Waals surface area (Å²) in [6.07, 6.45) is 7.25. The third-order valence-electron chi connectivity index (χ3n) is 5.75. The van der Waals surface area contributed by atoms with Gasteiger partial charge in [0.2, 0.25) is 0 Å². The number of hydrogen-bond donors (Lipinski definition) is 1. The number of carbonyl (C=O) groups excluding carboxylic acids is 1. The van der Waals surface area contributed by atoms with Crippen molar-refractivity contribution in [3.63, 3.8) is 0 Å². The highest BCUT2D eigenvalue weighted by Crippen LogP contribution is 2.21. The first kappa shape index (κ1) is 19.2. The van der Waals surface area contributed by atoms with Gasteiger partial charge in [0, 0.05) is 48.5 Å². The molecular formula is C24H23N5O2. The summed E-state index contributed by atoms with van der Waals surface area (Å²) in [4.78, 5) is 40.0. The monoisotopic (exact) mass is 413 g/mol. The Morgan fingerprint density at radius 1 is 1.10 bits per heavy atom. The van der Waals surface area contributed by atoms with Gasteiger partial charge in [-0.05, 0) is 30.5 Å². The van der Waals surface area contributed by atoms with E-state index in [9.17, 15) is 9.59 Å². The van der Waals surface area contributed by atoms with Crippen LogP contribution in [0, 0.1) is 0 Å². The van der Waals surface area contributed by atoms with Gasteiger partial charge in [0.1, 0.15) is 0 Å². The first-order valence-corrected chi connectivity index (χ1v) is 10.5. The number of nitrogens with zero attached hydrogens (tertiary/aromatic N) is 4. The second kappa shape index (κ2) is 8.18. The smallest absolute Gasteiger partial charge is 0.294 e. The molecule has 1 fully saturated rings. The van der Waals surface area contributed by atoms with E-state index in [1.54, 1.807) is 23.2 Å². The third-order valence-corrected chi connectivity index (χ3v) is 5.75. The normalized spacial score (nSPS) is 13.4. The first-order valence-electron chi connectivity index (χ1n) is 10.5. The fraction of sp³-hybridized carbons (Fsp3) is 0.250. The standard InChI is InChI=1S/C24H23N5O2/c30-20(8-7-19-13-18-14-25-10-9-21(18)27-19)16-29-22(17-5-2-1-3-6-17)15-26-23(24(29)31)28-11-4-12-28/h1-3,5-6,9-10,13-15,27H,4,7-8,11-12,16H2. The topological polar surface area (TPSA) is 83.9 Å². The molecule has 1 aliphatic rings. The van der Waals surface area contributed by atoms with Crippen LogP contribution in [0.2, 0.25) is 0 Å². The third kappa shape index (κ3) is 3.86. The Balaban J connectivity index is 1.39. The number of aromatic nitrogens is 4. The molecule has 1 N–H and O–H groups in total. The van der Waals surface area contributed by atoms with Crippen molar-refractivity contribution in [1.29, 1.82) is 0 Å². The molecule has 0 aliphatic carbocycles. The number of Topliss-reactive ketones (excluding diaryl/α,β-unsaturated/α-hetero) is 1. The minimum absolute atomic E-state index is 0.0109. The zero-order chi connectivity index (χ0) is 21.2. The summed E-state index contributed by atoms with van der Waals surface area (Å²) >= 11 is 0. The SMILES string of the molecule is O=C(CCc1cc2cnccc2[nH]1)Cn1c(-c2ccccc2)cnc(N2CCC2)c1=O. The highest BCUT2D eigenvalue weighted by Gasteiger charge is 2.22. The number of aryl methyl sites for hydroxylation is 1. The molecule has 5 rings (SSSR count). The number of nitrogens with one attached hydrogen (secondary N) is 1. The maximum Gasteiger partial charge on any atom is 0.294 e. The van der Waals surface area contributed by atoms with Crippen LogP contribution in [-0.4, -0.2) is 38.4 Å². The number of hydrogen-bond acceptors (Lipinski definition) is 5. The predicted octanol–water partition coefficient (Wildman–Crippen LogP) is 3.20. The molecule has 1 saturated heterocycles. The van der Waals surface area contributed by atoms with Crippen LogP contribution >= 0.6 is 0 Å². The molecule has 0 amide bonds. The number of fused-ring (bicyclic) bond motifs is 1. The zero-order valence-corrected chi connectivity index (χ0v) is 17.1. The lowest BCUT2D eigenvalue weighted by Crippen LogP contribution is -2.43. The maximum atomic E-state index is 13.2. The van der Waals surface area contributed by atoms with E-state index in [0.29, 0.717) is 24.4 Å². The molecule has 1 aliphatic heterocycles. The number of benzene rings is 1. The molecule has 0 bridgehead atoms. The Hall–Kier alpha value is -3.74. The summed E-state index contributed by atoms with van der Waals surface area (Å²) in [6, 6.07) is 13.6. The van der Waals surface area contributed by atoms with Gasteiger partial charge in [0.05, 0.1) is 18.4 Å². The lowest BCUT2D eigenvalue weighted by Gasteiger charge is -2.31. The minimum Gasteiger partial charge on any atom is -0.358 e. The Labute approximate surface area is 179 Å². The fourth-order valence-electron chi connectivity index (χ4n) is 3.91. The number of rotatable bonds is 7. The van der Waals surface area contributed by atoms with Crippen LogP contribution in [-0.2, 0) is 17.8 Å². The molecule has 31 heavy (non-hydrogen) atoms. The van der Waals surface area contributed by atoms with Gasteiger partial charge in [-0.3, -0.25) is 19.1 Å². The largest absolute Gasteiger partial charge is 0.358 e. The molecular weight excluding hydrogens is 390 g/mol. The quantitative estimate of drug-likeness (QED) is 0.503. The molecule has 3 aromatic heterocycles. The van der Waals surface area contributed by atoms with Crippen LogP contribution in [0.5, 0.6) is 0 Å². The summed E-state index contributed by atoms with van der Waals surface area (Å²) in [7, 11) is 0. The van der Waals surface area contributed by atoms with E-state index < -0.39 is 0 Å². The van der Waals surface area contributed by atoms with Crippen molar-refractivity contribution in [2.45, 2.75) is 25.8 Å². The first-order chi connectivity index (χ1) is 15.2. The van der Waals surface area contributed by atoms with E-state index in [4.69, 9.17) is 0 Å². The van der Waals surface area contributed by atoms with Crippen LogP contribution in [0.25, 0.3) is 22.2 Å². The lowest BCUT2D eigenvalue weighted by molar-refractivity contribution is -0.119. The molecule has 7 heteroatoms. The molecule has 156 valence electrons. The predicted molar refractivity (Wildman–Crippen MR) is 120 cm³/mol. The van der Waals surface area contributed by atoms with Crippen molar-refractivity contribution in [3.05, 3.63) is 77.1 Å². The Kier molecular flexibility index (Phi) is 5.08. The molecule has 0 unspecified atom stereocenters. The van der Waals surface area contributed by atoms with Gasteiger partial charge in [-0.25, -0.2) is 4.98 Å². The van der Waals surface area contributed by atoms with Crippen LogP contribution in [0.1, 0.15) is 18.5 Å². The number of carbonyl (C=O) groups is 1. The summed E-state index contributed by atoms with van der Waals surface area (Å²) in [5.74, 6) is 0.443. The molecule has 4 aromatic rings. The van der Waals surface area contributed by atoms with Gasteiger partial charge in [0.25, 0.3) is 5.56 Å². The molecule has 1 aromatic carbocycles. The van der Waals surface area contributed by atoms with E-state index in [-0.39, 0.29) is 17.9 Å². The van der Waals surface area contributed by atoms with E-state index >= 15 is 0 Å². The van der Waals surface area contributed by atoms with Crippen molar-refractivity contribution in [1.82, 2.24) is 19.5 Å². The van der Waals surface area contributed by atoms with Gasteiger partial charge >= 0.3 is 0 Å². The Bertz CT molecular complexity index is 1260. The fourth-order valence-corrected chi connectivity index (χ4v) is 3.91. The van der Waals surface area contributed by atoms with E-state index in [2.05, 4.69) is 15.0 Å². The highest BCUT2D eigenvalue weighted by molar-refractivity contribution is 5.81. The van der Waals surface area contributed by atoms with E-state index in [1.807, 2.05) is 47.4 Å². The number of H-pyrrole nitrogens is 1. The summed E-state index contributed by atoms with van der Waals surface area (Å²) in [5, 5.41) is 1.03. The average Bonchev–Trinajstić information content (AvgIpc) is 3.17. The zero-order valence-electron chi connectivity index (χ0n) is 17.1. The molecule has 0 atom stereocenters. The second-order valence-corrected chi connectivity index (χ2v) is 7.86.